The van der Waals surface area contributed by atoms with Crippen LogP contribution < -0.4 is 19.7 Å². The van der Waals surface area contributed by atoms with Crippen LogP contribution in [-0.4, -0.2) is 39.2 Å². The molecule has 0 aliphatic rings. The number of nitrogens with zero attached hydrogens (tertiary/aromatic N) is 6. The zero-order chi connectivity index (χ0) is 22.3. The Balaban J connectivity index is 1.46. The van der Waals surface area contributed by atoms with Gasteiger partial charge in [-0.05, 0) is 24.6 Å². The highest BCUT2D eigenvalue weighted by atomic mass is 16.5. The average Bonchev–Trinajstić information content (AvgIpc) is 2.81. The van der Waals surface area contributed by atoms with Gasteiger partial charge in [0.15, 0.2) is 0 Å². The molecule has 2 aromatic carbocycles. The third kappa shape index (κ3) is 5.66. The van der Waals surface area contributed by atoms with Crippen molar-refractivity contribution >= 4 is 17.6 Å². The molecule has 32 heavy (non-hydrogen) atoms. The van der Waals surface area contributed by atoms with Crippen molar-refractivity contribution < 1.29 is 9.47 Å². The van der Waals surface area contributed by atoms with Gasteiger partial charge >= 0.3 is 6.01 Å². The van der Waals surface area contributed by atoms with Crippen molar-refractivity contribution in [1.82, 2.24) is 25.1 Å². The molecular formula is C23H23N7O2. The highest BCUT2D eigenvalue weighted by Crippen LogP contribution is 2.22. The number of anilines is 3. The minimum atomic E-state index is 0.102. The molecule has 0 amide bonds. The van der Waals surface area contributed by atoms with Gasteiger partial charge in [-0.3, -0.25) is 0 Å². The Kier molecular flexibility index (Phi) is 6.35. The van der Waals surface area contributed by atoms with Gasteiger partial charge < -0.3 is 19.7 Å². The van der Waals surface area contributed by atoms with E-state index in [1.807, 2.05) is 75.6 Å². The van der Waals surface area contributed by atoms with Crippen LogP contribution in [0.15, 0.2) is 66.7 Å². The van der Waals surface area contributed by atoms with Crippen molar-refractivity contribution in [3.63, 3.8) is 0 Å². The number of rotatable bonds is 8. The van der Waals surface area contributed by atoms with Crippen LogP contribution in [0.25, 0.3) is 0 Å². The second kappa shape index (κ2) is 9.69. The van der Waals surface area contributed by atoms with E-state index in [0.717, 1.165) is 11.3 Å². The Bertz CT molecular complexity index is 1150. The lowest BCUT2D eigenvalue weighted by Crippen LogP contribution is -2.15. The van der Waals surface area contributed by atoms with E-state index in [1.54, 1.807) is 17.0 Å². The summed E-state index contributed by atoms with van der Waals surface area (Å²) in [6, 6.07) is 21.2. The lowest BCUT2D eigenvalue weighted by molar-refractivity contribution is 0.287. The molecule has 2 heterocycles. The van der Waals surface area contributed by atoms with Gasteiger partial charge in [0.05, 0.1) is 0 Å². The first-order valence-corrected chi connectivity index (χ1v) is 10.0. The average molecular weight is 429 g/mol. The van der Waals surface area contributed by atoms with Crippen LogP contribution in [-0.2, 0) is 6.61 Å². The predicted molar refractivity (Wildman–Crippen MR) is 121 cm³/mol. The highest BCUT2D eigenvalue weighted by molar-refractivity contribution is 5.55. The summed E-state index contributed by atoms with van der Waals surface area (Å²) in [4.78, 5) is 14.9. The first-order chi connectivity index (χ1) is 15.5. The number of nitrogens with one attached hydrogen (secondary N) is 1. The molecule has 0 aliphatic carbocycles. The van der Waals surface area contributed by atoms with Crippen molar-refractivity contribution in [3.05, 3.63) is 77.9 Å². The third-order valence-corrected chi connectivity index (χ3v) is 4.35. The Labute approximate surface area is 186 Å². The fraction of sp³-hybridized carbons (Fsp3) is 0.174. The van der Waals surface area contributed by atoms with E-state index in [1.165, 1.54) is 5.56 Å². The molecule has 0 unspecified atom stereocenters. The van der Waals surface area contributed by atoms with E-state index < -0.39 is 0 Å². The van der Waals surface area contributed by atoms with Crippen molar-refractivity contribution in [2.24, 2.45) is 0 Å². The normalized spacial score (nSPS) is 10.5. The fourth-order valence-corrected chi connectivity index (χ4v) is 2.68. The van der Waals surface area contributed by atoms with Crippen LogP contribution in [0.5, 0.6) is 17.8 Å². The van der Waals surface area contributed by atoms with E-state index in [-0.39, 0.29) is 11.9 Å². The summed E-state index contributed by atoms with van der Waals surface area (Å²) in [5, 5.41) is 11.3. The van der Waals surface area contributed by atoms with Crippen molar-refractivity contribution in [2.75, 3.05) is 24.3 Å². The van der Waals surface area contributed by atoms with E-state index in [4.69, 9.17) is 9.47 Å². The molecule has 0 bridgehead atoms. The minimum Gasteiger partial charge on any atom is -0.472 e. The lowest BCUT2D eigenvalue weighted by Gasteiger charge is -2.13. The quantitative estimate of drug-likeness (QED) is 0.443. The van der Waals surface area contributed by atoms with Crippen molar-refractivity contribution in [1.29, 1.82) is 0 Å². The first-order valence-electron chi connectivity index (χ1n) is 10.0. The number of aromatic nitrogens is 5. The number of hydrogen-bond acceptors (Lipinski definition) is 9. The van der Waals surface area contributed by atoms with E-state index >= 15 is 0 Å². The van der Waals surface area contributed by atoms with Crippen LogP contribution in [0.1, 0.15) is 11.1 Å². The van der Waals surface area contributed by atoms with Gasteiger partial charge in [-0.25, -0.2) is 0 Å². The number of ether oxygens (including phenoxy) is 2. The van der Waals surface area contributed by atoms with Crippen LogP contribution in [0, 0.1) is 6.92 Å². The highest BCUT2D eigenvalue weighted by Gasteiger charge is 2.12. The molecule has 0 saturated heterocycles. The number of aryl methyl sites for hydroxylation is 1. The van der Waals surface area contributed by atoms with Gasteiger partial charge in [0, 0.05) is 31.9 Å². The smallest absolute Gasteiger partial charge is 0.330 e. The standard InChI is InChI=1S/C23H23N7O2/c1-16-9-11-18(12-10-16)24-21-25-22(30(2)3)27-23(26-21)32-20-14-13-19(28-29-20)31-15-17-7-5-4-6-8-17/h4-14H,15H2,1-3H3,(H,24,25,26,27). The number of benzene rings is 2. The maximum Gasteiger partial charge on any atom is 0.330 e. The molecule has 0 atom stereocenters. The summed E-state index contributed by atoms with van der Waals surface area (Å²) >= 11 is 0. The van der Waals surface area contributed by atoms with Gasteiger partial charge in [-0.2, -0.15) is 15.0 Å². The molecule has 0 radical (unpaired) electrons. The zero-order valence-corrected chi connectivity index (χ0v) is 18.1. The maximum absolute atomic E-state index is 5.73. The molecule has 2 aromatic heterocycles. The lowest BCUT2D eigenvalue weighted by atomic mass is 10.2. The van der Waals surface area contributed by atoms with Gasteiger partial charge in [0.2, 0.25) is 23.7 Å². The monoisotopic (exact) mass is 429 g/mol. The second-order valence-corrected chi connectivity index (χ2v) is 7.21. The minimum absolute atomic E-state index is 0.102. The van der Waals surface area contributed by atoms with E-state index in [2.05, 4.69) is 30.5 Å². The van der Waals surface area contributed by atoms with E-state index in [0.29, 0.717) is 24.4 Å². The Morgan fingerprint density at radius 2 is 1.53 bits per heavy atom. The molecule has 0 aliphatic heterocycles. The van der Waals surface area contributed by atoms with Crippen molar-refractivity contribution in [3.8, 4) is 17.8 Å². The fourth-order valence-electron chi connectivity index (χ4n) is 2.68. The Hall–Kier alpha value is -4.27. The van der Waals surface area contributed by atoms with Crippen LogP contribution in [0.3, 0.4) is 0 Å². The second-order valence-electron chi connectivity index (χ2n) is 7.21. The van der Waals surface area contributed by atoms with Crippen LogP contribution in [0.4, 0.5) is 17.6 Å². The predicted octanol–water partition coefficient (Wildman–Crippen LogP) is 4.15. The molecular weight excluding hydrogens is 406 g/mol. The molecule has 4 aromatic rings. The number of hydrogen-bond donors (Lipinski definition) is 1. The summed E-state index contributed by atoms with van der Waals surface area (Å²) in [6.45, 7) is 2.44. The Morgan fingerprint density at radius 3 is 2.22 bits per heavy atom. The van der Waals surface area contributed by atoms with Gasteiger partial charge in [-0.15, -0.1) is 10.2 Å². The molecule has 0 spiro atoms. The van der Waals surface area contributed by atoms with Gasteiger partial charge in [0.1, 0.15) is 6.61 Å². The van der Waals surface area contributed by atoms with Crippen molar-refractivity contribution in [2.45, 2.75) is 13.5 Å². The molecule has 1 N–H and O–H groups in total. The topological polar surface area (TPSA) is 98.2 Å². The summed E-state index contributed by atoms with van der Waals surface area (Å²) in [5.74, 6) is 1.44. The van der Waals surface area contributed by atoms with Crippen LogP contribution in [0.2, 0.25) is 0 Å². The molecule has 9 nitrogen and oxygen atoms in total. The molecule has 162 valence electrons. The first kappa shape index (κ1) is 21.0. The van der Waals surface area contributed by atoms with E-state index in [9.17, 15) is 0 Å². The van der Waals surface area contributed by atoms with Crippen LogP contribution >= 0.6 is 0 Å². The molecule has 0 saturated carbocycles. The molecule has 0 fully saturated rings. The summed E-state index contributed by atoms with van der Waals surface area (Å²) in [7, 11) is 3.68. The third-order valence-electron chi connectivity index (χ3n) is 4.35. The zero-order valence-electron chi connectivity index (χ0n) is 18.1. The molecule has 9 heteroatoms. The van der Waals surface area contributed by atoms with Gasteiger partial charge in [-0.1, -0.05) is 48.0 Å². The molecule has 4 rings (SSSR count). The summed E-state index contributed by atoms with van der Waals surface area (Å²) in [5.41, 5.74) is 3.07. The van der Waals surface area contributed by atoms with Gasteiger partial charge in [0.25, 0.3) is 0 Å². The maximum atomic E-state index is 5.73. The summed E-state index contributed by atoms with van der Waals surface area (Å²) in [6.07, 6.45) is 0. The largest absolute Gasteiger partial charge is 0.472 e. The summed E-state index contributed by atoms with van der Waals surface area (Å²) < 4.78 is 11.4. The Morgan fingerprint density at radius 1 is 0.812 bits per heavy atom. The SMILES string of the molecule is Cc1ccc(Nc2nc(Oc3ccc(OCc4ccccc4)nn3)nc(N(C)C)n2)cc1.